The molecular weight excluding hydrogens is 300 g/mol. The normalized spacial score (nSPS) is 37.0. The van der Waals surface area contributed by atoms with Crippen LogP contribution in [0.2, 0.25) is 0 Å². The Bertz CT molecular complexity index is 433. The van der Waals surface area contributed by atoms with Crippen LogP contribution in [0.5, 0.6) is 0 Å². The molecule has 2 aliphatic carbocycles. The molecule has 2 aliphatic rings. The van der Waals surface area contributed by atoms with Crippen molar-refractivity contribution in [2.75, 3.05) is 0 Å². The van der Waals surface area contributed by atoms with E-state index in [0.717, 1.165) is 35.5 Å². The standard InChI is InChI=1S/C25H46/c1-8-11-15-25(7)21(12-9-2)13-14-22-20(6)23(24(22)25)17-19(5)16-18(4)10-3/h14,18-21,23-24H,8-13,15-17H2,1-7H3. The fraction of sp³-hybridized carbons (Fsp3) is 0.920. The van der Waals surface area contributed by atoms with Gasteiger partial charge in [-0.1, -0.05) is 85.8 Å². The van der Waals surface area contributed by atoms with Gasteiger partial charge in [-0.15, -0.1) is 0 Å². The van der Waals surface area contributed by atoms with Crippen molar-refractivity contribution in [1.29, 1.82) is 0 Å². The summed E-state index contributed by atoms with van der Waals surface area (Å²) in [6.07, 6.45) is 15.3. The molecule has 0 aromatic carbocycles. The summed E-state index contributed by atoms with van der Waals surface area (Å²) in [6.45, 7) is 17.3. The Labute approximate surface area is 159 Å². The molecule has 0 saturated heterocycles. The Morgan fingerprint density at radius 1 is 1.12 bits per heavy atom. The number of rotatable bonds is 10. The molecule has 7 atom stereocenters. The summed E-state index contributed by atoms with van der Waals surface area (Å²) in [5, 5.41) is 0. The molecule has 0 amide bonds. The minimum absolute atomic E-state index is 0.573. The first-order chi connectivity index (χ1) is 11.9. The predicted octanol–water partition coefficient (Wildman–Crippen LogP) is 8.27. The van der Waals surface area contributed by atoms with E-state index in [-0.39, 0.29) is 0 Å². The lowest BCUT2D eigenvalue weighted by Crippen LogP contribution is -2.53. The second-order valence-electron chi connectivity index (χ2n) is 10.1. The van der Waals surface area contributed by atoms with Crippen LogP contribution in [0.4, 0.5) is 0 Å². The molecule has 0 nitrogen and oxygen atoms in total. The summed E-state index contributed by atoms with van der Waals surface area (Å²) in [5.41, 5.74) is 2.43. The molecule has 0 bridgehead atoms. The Kier molecular flexibility index (Phi) is 7.66. The van der Waals surface area contributed by atoms with Crippen molar-refractivity contribution >= 4 is 0 Å². The Hall–Kier alpha value is -0.260. The van der Waals surface area contributed by atoms with E-state index in [1.54, 1.807) is 0 Å². The number of allylic oxidation sites excluding steroid dienone is 2. The molecule has 1 saturated carbocycles. The van der Waals surface area contributed by atoms with Crippen LogP contribution in [0.3, 0.4) is 0 Å². The Morgan fingerprint density at radius 3 is 2.44 bits per heavy atom. The van der Waals surface area contributed by atoms with Gasteiger partial charge in [-0.2, -0.15) is 0 Å². The molecule has 2 rings (SSSR count). The average Bonchev–Trinajstić information content (AvgIpc) is 2.59. The first-order valence-corrected chi connectivity index (χ1v) is 11.6. The van der Waals surface area contributed by atoms with Crippen molar-refractivity contribution < 1.29 is 0 Å². The van der Waals surface area contributed by atoms with E-state index in [1.807, 2.05) is 5.57 Å². The van der Waals surface area contributed by atoms with Crippen LogP contribution in [0.25, 0.3) is 0 Å². The first-order valence-electron chi connectivity index (χ1n) is 11.6. The van der Waals surface area contributed by atoms with Gasteiger partial charge in [0.2, 0.25) is 0 Å². The maximum absolute atomic E-state index is 2.68. The van der Waals surface area contributed by atoms with Gasteiger partial charge in [0.15, 0.2) is 0 Å². The van der Waals surface area contributed by atoms with Gasteiger partial charge in [0.25, 0.3) is 0 Å². The molecular formula is C25H46. The van der Waals surface area contributed by atoms with Gasteiger partial charge in [0, 0.05) is 0 Å². The Balaban J connectivity index is 2.15. The lowest BCUT2D eigenvalue weighted by molar-refractivity contribution is -0.0316. The van der Waals surface area contributed by atoms with Gasteiger partial charge in [-0.3, -0.25) is 0 Å². The van der Waals surface area contributed by atoms with E-state index in [0.29, 0.717) is 5.41 Å². The van der Waals surface area contributed by atoms with Crippen molar-refractivity contribution in [3.05, 3.63) is 11.6 Å². The quantitative estimate of drug-likeness (QED) is 0.349. The second kappa shape index (κ2) is 9.09. The molecule has 25 heavy (non-hydrogen) atoms. The zero-order valence-electron chi connectivity index (χ0n) is 18.4. The highest BCUT2D eigenvalue weighted by atomic mass is 14.6. The fourth-order valence-electron chi connectivity index (χ4n) is 6.40. The molecule has 0 spiro atoms. The molecule has 0 radical (unpaired) electrons. The van der Waals surface area contributed by atoms with Crippen LogP contribution in [-0.2, 0) is 0 Å². The maximum Gasteiger partial charge on any atom is -0.0110 e. The van der Waals surface area contributed by atoms with E-state index >= 15 is 0 Å². The summed E-state index contributed by atoms with van der Waals surface area (Å²) in [4.78, 5) is 0. The highest BCUT2D eigenvalue weighted by Gasteiger charge is 2.55. The summed E-state index contributed by atoms with van der Waals surface area (Å²) in [6, 6.07) is 0. The van der Waals surface area contributed by atoms with Gasteiger partial charge in [-0.25, -0.2) is 0 Å². The SMILES string of the molecule is CCCCC1(C)C(CCC)CC=C2C(C)C(CC(C)CC(C)CC)C21. The maximum atomic E-state index is 2.68. The monoisotopic (exact) mass is 346 g/mol. The fourth-order valence-corrected chi connectivity index (χ4v) is 6.40. The lowest BCUT2D eigenvalue weighted by Gasteiger charge is -2.61. The van der Waals surface area contributed by atoms with Crippen LogP contribution >= 0.6 is 0 Å². The van der Waals surface area contributed by atoms with Crippen LogP contribution < -0.4 is 0 Å². The molecule has 0 N–H and O–H groups in total. The van der Waals surface area contributed by atoms with E-state index in [1.165, 1.54) is 57.8 Å². The largest absolute Gasteiger partial charge is 0.0844 e. The molecule has 7 unspecified atom stereocenters. The molecule has 0 aliphatic heterocycles. The van der Waals surface area contributed by atoms with Crippen LogP contribution in [-0.4, -0.2) is 0 Å². The molecule has 146 valence electrons. The zero-order valence-corrected chi connectivity index (χ0v) is 18.4. The summed E-state index contributed by atoms with van der Waals surface area (Å²) >= 11 is 0. The van der Waals surface area contributed by atoms with Gasteiger partial charge in [0.05, 0.1) is 0 Å². The summed E-state index contributed by atoms with van der Waals surface area (Å²) < 4.78 is 0. The lowest BCUT2D eigenvalue weighted by atomic mass is 9.44. The van der Waals surface area contributed by atoms with Crippen molar-refractivity contribution in [2.45, 2.75) is 106 Å². The molecule has 1 fully saturated rings. The molecule has 0 heteroatoms. The first kappa shape index (κ1) is 21.0. The zero-order chi connectivity index (χ0) is 18.6. The van der Waals surface area contributed by atoms with E-state index < -0.39 is 0 Å². The minimum atomic E-state index is 0.573. The van der Waals surface area contributed by atoms with E-state index in [4.69, 9.17) is 0 Å². The molecule has 0 heterocycles. The molecule has 0 aromatic rings. The third kappa shape index (κ3) is 4.36. The van der Waals surface area contributed by atoms with Gasteiger partial charge in [-0.05, 0) is 73.0 Å². The summed E-state index contributed by atoms with van der Waals surface area (Å²) in [7, 11) is 0. The summed E-state index contributed by atoms with van der Waals surface area (Å²) in [5.74, 6) is 5.42. The predicted molar refractivity (Wildman–Crippen MR) is 113 cm³/mol. The van der Waals surface area contributed by atoms with Gasteiger partial charge >= 0.3 is 0 Å². The van der Waals surface area contributed by atoms with Gasteiger partial charge < -0.3 is 0 Å². The van der Waals surface area contributed by atoms with Crippen molar-refractivity contribution in [3.63, 3.8) is 0 Å². The number of fused-ring (bicyclic) bond motifs is 1. The van der Waals surface area contributed by atoms with E-state index in [9.17, 15) is 0 Å². The van der Waals surface area contributed by atoms with Crippen molar-refractivity contribution in [2.24, 2.45) is 40.9 Å². The van der Waals surface area contributed by atoms with Crippen molar-refractivity contribution in [3.8, 4) is 0 Å². The van der Waals surface area contributed by atoms with Crippen LogP contribution in [0, 0.1) is 40.9 Å². The number of hydrogen-bond acceptors (Lipinski definition) is 0. The number of hydrogen-bond donors (Lipinski definition) is 0. The second-order valence-corrected chi connectivity index (χ2v) is 10.1. The average molecular weight is 347 g/mol. The number of unbranched alkanes of at least 4 members (excludes halogenated alkanes) is 1. The van der Waals surface area contributed by atoms with E-state index in [2.05, 4.69) is 54.5 Å². The topological polar surface area (TPSA) is 0 Å². The third-order valence-corrected chi connectivity index (χ3v) is 8.12. The molecule has 0 aromatic heterocycles. The van der Waals surface area contributed by atoms with Crippen LogP contribution in [0.15, 0.2) is 11.6 Å². The van der Waals surface area contributed by atoms with Crippen molar-refractivity contribution in [1.82, 2.24) is 0 Å². The smallest absolute Gasteiger partial charge is 0.0110 e. The highest BCUT2D eigenvalue weighted by Crippen LogP contribution is 2.64. The minimum Gasteiger partial charge on any atom is -0.0844 e. The third-order valence-electron chi connectivity index (χ3n) is 8.12. The highest BCUT2D eigenvalue weighted by molar-refractivity contribution is 5.29. The van der Waals surface area contributed by atoms with Crippen LogP contribution in [0.1, 0.15) is 106 Å². The van der Waals surface area contributed by atoms with Gasteiger partial charge in [0.1, 0.15) is 0 Å². The Morgan fingerprint density at radius 2 is 1.84 bits per heavy atom.